The highest BCUT2D eigenvalue weighted by molar-refractivity contribution is 6.35. The molecule has 0 spiro atoms. The van der Waals surface area contributed by atoms with E-state index in [2.05, 4.69) is 0 Å². The Morgan fingerprint density at radius 3 is 2.55 bits per heavy atom. The highest BCUT2D eigenvalue weighted by atomic mass is 35.5. The lowest BCUT2D eigenvalue weighted by Gasteiger charge is -2.11. The van der Waals surface area contributed by atoms with E-state index in [1.807, 2.05) is 42.5 Å². The van der Waals surface area contributed by atoms with E-state index in [0.717, 1.165) is 5.56 Å². The molecular formula is C16H14Cl2O2. The van der Waals surface area contributed by atoms with Gasteiger partial charge in [-0.1, -0.05) is 59.6 Å². The molecule has 2 rings (SSSR count). The summed E-state index contributed by atoms with van der Waals surface area (Å²) in [5, 5.41) is 10.2. The molecule has 0 bridgehead atoms. The molecule has 0 amide bonds. The predicted molar refractivity (Wildman–Crippen MR) is 83.4 cm³/mol. The van der Waals surface area contributed by atoms with Crippen LogP contribution in [0, 0.1) is 0 Å². The van der Waals surface area contributed by atoms with Crippen molar-refractivity contribution in [3.05, 3.63) is 69.7 Å². The van der Waals surface area contributed by atoms with E-state index in [9.17, 15) is 5.11 Å². The number of rotatable bonds is 5. The Bertz CT molecular complexity index is 595. The fourth-order valence-electron chi connectivity index (χ4n) is 1.77. The second-order valence-corrected chi connectivity index (χ2v) is 5.00. The standard InChI is InChI=1S/C16H14Cl2O2/c17-14-9-13(11-19)16(15(18)10-14)20-8-4-7-12-5-2-1-3-6-12/h1-7,9-10,19H,8,11H2/b7-4+. The van der Waals surface area contributed by atoms with Crippen molar-refractivity contribution in [2.24, 2.45) is 0 Å². The maximum absolute atomic E-state index is 9.29. The molecule has 0 saturated heterocycles. The topological polar surface area (TPSA) is 29.5 Å². The van der Waals surface area contributed by atoms with Gasteiger partial charge in [-0.05, 0) is 23.8 Å². The molecule has 104 valence electrons. The Balaban J connectivity index is 2.03. The van der Waals surface area contributed by atoms with E-state index >= 15 is 0 Å². The second kappa shape index (κ2) is 7.34. The average molecular weight is 309 g/mol. The van der Waals surface area contributed by atoms with Crippen LogP contribution < -0.4 is 4.74 Å². The molecule has 2 aromatic rings. The summed E-state index contributed by atoms with van der Waals surface area (Å²) >= 11 is 11.9. The summed E-state index contributed by atoms with van der Waals surface area (Å²) in [6.07, 6.45) is 3.85. The molecule has 4 heteroatoms. The number of ether oxygens (including phenoxy) is 1. The van der Waals surface area contributed by atoms with Crippen LogP contribution in [0.5, 0.6) is 5.75 Å². The first-order valence-corrected chi connectivity index (χ1v) is 6.89. The predicted octanol–water partition coefficient (Wildman–Crippen LogP) is 4.58. The minimum Gasteiger partial charge on any atom is -0.488 e. The minimum atomic E-state index is -0.169. The van der Waals surface area contributed by atoms with Crippen molar-refractivity contribution in [2.45, 2.75) is 6.61 Å². The number of hydrogen-bond acceptors (Lipinski definition) is 2. The van der Waals surface area contributed by atoms with Gasteiger partial charge in [0.2, 0.25) is 0 Å². The van der Waals surface area contributed by atoms with Crippen molar-refractivity contribution in [1.82, 2.24) is 0 Å². The molecule has 0 fully saturated rings. The third-order valence-electron chi connectivity index (χ3n) is 2.69. The van der Waals surface area contributed by atoms with Gasteiger partial charge in [-0.3, -0.25) is 0 Å². The quantitative estimate of drug-likeness (QED) is 0.876. The largest absolute Gasteiger partial charge is 0.488 e. The van der Waals surface area contributed by atoms with Crippen LogP contribution >= 0.6 is 23.2 Å². The van der Waals surface area contributed by atoms with Gasteiger partial charge in [-0.25, -0.2) is 0 Å². The Hall–Kier alpha value is -1.48. The molecule has 1 N–H and O–H groups in total. The Labute approximate surface area is 128 Å². The molecule has 0 aromatic heterocycles. The maximum atomic E-state index is 9.29. The summed E-state index contributed by atoms with van der Waals surface area (Å²) in [6, 6.07) is 13.2. The van der Waals surface area contributed by atoms with Gasteiger partial charge < -0.3 is 9.84 Å². The van der Waals surface area contributed by atoms with E-state index in [4.69, 9.17) is 27.9 Å². The summed E-state index contributed by atoms with van der Waals surface area (Å²) in [5.74, 6) is 0.469. The van der Waals surface area contributed by atoms with Crippen LogP contribution in [0.25, 0.3) is 6.08 Å². The van der Waals surface area contributed by atoms with Gasteiger partial charge in [0.1, 0.15) is 12.4 Å². The summed E-state index contributed by atoms with van der Waals surface area (Å²) in [4.78, 5) is 0. The second-order valence-electron chi connectivity index (χ2n) is 4.16. The average Bonchev–Trinajstić information content (AvgIpc) is 2.45. The third-order valence-corrected chi connectivity index (χ3v) is 3.19. The summed E-state index contributed by atoms with van der Waals surface area (Å²) in [5.41, 5.74) is 1.68. The smallest absolute Gasteiger partial charge is 0.143 e. The fourth-order valence-corrected chi connectivity index (χ4v) is 2.36. The van der Waals surface area contributed by atoms with Gasteiger partial charge in [-0.2, -0.15) is 0 Å². The van der Waals surface area contributed by atoms with Crippen molar-refractivity contribution in [2.75, 3.05) is 6.61 Å². The summed E-state index contributed by atoms with van der Waals surface area (Å²) < 4.78 is 5.60. The van der Waals surface area contributed by atoms with Gasteiger partial charge >= 0.3 is 0 Å². The van der Waals surface area contributed by atoms with Crippen LogP contribution in [-0.2, 0) is 6.61 Å². The number of benzene rings is 2. The molecule has 0 atom stereocenters. The van der Waals surface area contributed by atoms with Crippen molar-refractivity contribution in [3.8, 4) is 5.75 Å². The highest BCUT2D eigenvalue weighted by Crippen LogP contribution is 2.32. The number of aliphatic hydroxyl groups is 1. The first-order valence-electron chi connectivity index (χ1n) is 6.14. The molecule has 20 heavy (non-hydrogen) atoms. The van der Waals surface area contributed by atoms with Crippen molar-refractivity contribution in [1.29, 1.82) is 0 Å². The van der Waals surface area contributed by atoms with E-state index in [0.29, 0.717) is 28.0 Å². The molecule has 0 aliphatic heterocycles. The zero-order valence-corrected chi connectivity index (χ0v) is 12.2. The normalized spacial score (nSPS) is 10.9. The van der Waals surface area contributed by atoms with Crippen LogP contribution in [0.2, 0.25) is 10.0 Å². The first-order chi connectivity index (χ1) is 9.70. The first kappa shape index (κ1) is 14.9. The SMILES string of the molecule is OCc1cc(Cl)cc(Cl)c1OC/C=C/c1ccccc1. The van der Waals surface area contributed by atoms with E-state index in [1.165, 1.54) is 0 Å². The van der Waals surface area contributed by atoms with Crippen LogP contribution in [0.3, 0.4) is 0 Å². The lowest BCUT2D eigenvalue weighted by atomic mass is 10.2. The molecule has 0 unspecified atom stereocenters. The maximum Gasteiger partial charge on any atom is 0.143 e. The number of halogens is 2. The van der Waals surface area contributed by atoms with Crippen LogP contribution in [0.1, 0.15) is 11.1 Å². The van der Waals surface area contributed by atoms with Gasteiger partial charge in [-0.15, -0.1) is 0 Å². The van der Waals surface area contributed by atoms with Crippen molar-refractivity contribution in [3.63, 3.8) is 0 Å². The highest BCUT2D eigenvalue weighted by Gasteiger charge is 2.09. The van der Waals surface area contributed by atoms with Gasteiger partial charge in [0.25, 0.3) is 0 Å². The number of aliphatic hydroxyl groups excluding tert-OH is 1. The van der Waals surface area contributed by atoms with Crippen LogP contribution in [0.4, 0.5) is 0 Å². The number of hydrogen-bond donors (Lipinski definition) is 1. The summed E-state index contributed by atoms with van der Waals surface area (Å²) in [6.45, 7) is 0.196. The van der Waals surface area contributed by atoms with E-state index < -0.39 is 0 Å². The zero-order chi connectivity index (χ0) is 14.4. The minimum absolute atomic E-state index is 0.169. The molecular weight excluding hydrogens is 295 g/mol. The van der Waals surface area contributed by atoms with Crippen molar-refractivity contribution >= 4 is 29.3 Å². The van der Waals surface area contributed by atoms with Crippen molar-refractivity contribution < 1.29 is 9.84 Å². The molecule has 2 aromatic carbocycles. The molecule has 2 nitrogen and oxygen atoms in total. The monoisotopic (exact) mass is 308 g/mol. The lowest BCUT2D eigenvalue weighted by Crippen LogP contribution is -1.99. The van der Waals surface area contributed by atoms with Crippen LogP contribution in [0.15, 0.2) is 48.5 Å². The fraction of sp³-hybridized carbons (Fsp3) is 0.125. The Morgan fingerprint density at radius 1 is 1.10 bits per heavy atom. The van der Waals surface area contributed by atoms with E-state index in [1.54, 1.807) is 12.1 Å². The molecule has 0 radical (unpaired) electrons. The third kappa shape index (κ3) is 4.01. The Morgan fingerprint density at radius 2 is 1.85 bits per heavy atom. The van der Waals surface area contributed by atoms with Gasteiger partial charge in [0.05, 0.1) is 11.6 Å². The van der Waals surface area contributed by atoms with Gasteiger partial charge in [0.15, 0.2) is 0 Å². The van der Waals surface area contributed by atoms with Gasteiger partial charge in [0, 0.05) is 10.6 Å². The molecule has 0 heterocycles. The van der Waals surface area contributed by atoms with E-state index in [-0.39, 0.29) is 6.61 Å². The lowest BCUT2D eigenvalue weighted by molar-refractivity contribution is 0.270. The molecule has 0 saturated carbocycles. The zero-order valence-electron chi connectivity index (χ0n) is 10.7. The molecule has 0 aliphatic rings. The molecule has 0 aliphatic carbocycles. The van der Waals surface area contributed by atoms with Crippen LogP contribution in [-0.4, -0.2) is 11.7 Å². The summed E-state index contributed by atoms with van der Waals surface area (Å²) in [7, 11) is 0. The Kier molecular flexibility index (Phi) is 5.48.